The number of rotatable bonds is 6. The maximum absolute atomic E-state index is 5.25. The molecule has 15 aromatic rings. The molecule has 8 aromatic heterocycles. The van der Waals surface area contributed by atoms with Crippen LogP contribution in [0.15, 0.2) is 201 Å². The summed E-state index contributed by atoms with van der Waals surface area (Å²) in [4.78, 5) is 31.9. The molecular formula is C58H33N9S2. The molecular weight excluding hydrogens is 887 g/mol. The maximum atomic E-state index is 5.25. The zero-order chi connectivity index (χ0) is 45.2. The van der Waals surface area contributed by atoms with Gasteiger partial charge in [-0.15, -0.1) is 22.7 Å². The summed E-state index contributed by atoms with van der Waals surface area (Å²) in [6, 6.07) is 64.0. The summed E-state index contributed by atoms with van der Waals surface area (Å²) in [5.74, 6) is 1.75. The van der Waals surface area contributed by atoms with Gasteiger partial charge in [0, 0.05) is 70.4 Å². The second-order valence-electron chi connectivity index (χ2n) is 17.2. The number of para-hydroxylation sites is 2. The molecule has 0 unspecified atom stereocenters. The van der Waals surface area contributed by atoms with Crippen LogP contribution in [0.1, 0.15) is 0 Å². The summed E-state index contributed by atoms with van der Waals surface area (Å²) in [6.07, 6.45) is 5.43. The van der Waals surface area contributed by atoms with Crippen LogP contribution in [0.3, 0.4) is 0 Å². The Kier molecular flexibility index (Phi) is 8.20. The Hall–Kier alpha value is -8.90. The molecule has 0 saturated carbocycles. The molecule has 7 aromatic carbocycles. The lowest BCUT2D eigenvalue weighted by molar-refractivity contribution is 0.956. The fourth-order valence-corrected chi connectivity index (χ4v) is 12.9. The van der Waals surface area contributed by atoms with Gasteiger partial charge in [-0.05, 0) is 83.9 Å². The quantitative estimate of drug-likeness (QED) is 0.165. The van der Waals surface area contributed by atoms with Gasteiger partial charge in [0.15, 0.2) is 11.6 Å². The summed E-state index contributed by atoms with van der Waals surface area (Å²) in [6.45, 7) is 0. The number of fused-ring (bicyclic) bond motifs is 13. The number of hydrogen-bond acceptors (Lipinski definition) is 8. The Bertz CT molecular complexity index is 4540. The van der Waals surface area contributed by atoms with Crippen LogP contribution in [0, 0.1) is 0 Å². The van der Waals surface area contributed by atoms with Gasteiger partial charge < -0.3 is 4.57 Å². The van der Waals surface area contributed by atoms with Gasteiger partial charge in [-0.1, -0.05) is 109 Å². The molecule has 15 rings (SSSR count). The Morgan fingerprint density at radius 1 is 0.406 bits per heavy atom. The van der Waals surface area contributed by atoms with Crippen LogP contribution in [0.2, 0.25) is 0 Å². The first kappa shape index (κ1) is 38.2. The van der Waals surface area contributed by atoms with Crippen LogP contribution in [0.4, 0.5) is 0 Å². The van der Waals surface area contributed by atoms with E-state index in [1.165, 1.54) is 42.1 Å². The number of aromatic nitrogens is 9. The summed E-state index contributed by atoms with van der Waals surface area (Å²) < 4.78 is 9.24. The average Bonchev–Trinajstić information content (AvgIpc) is 4.22. The Balaban J connectivity index is 0.865. The van der Waals surface area contributed by atoms with Crippen molar-refractivity contribution >= 4 is 107 Å². The first-order chi connectivity index (χ1) is 34.2. The Morgan fingerprint density at radius 3 is 1.91 bits per heavy atom. The lowest BCUT2D eigenvalue weighted by Crippen LogP contribution is -2.06. The molecule has 0 spiro atoms. The molecule has 0 radical (unpaired) electrons. The largest absolute Gasteiger partial charge is 0.309 e. The topological polar surface area (TPSA) is 92.1 Å². The van der Waals surface area contributed by atoms with E-state index in [1.54, 1.807) is 17.7 Å². The van der Waals surface area contributed by atoms with E-state index in [0.29, 0.717) is 17.6 Å². The summed E-state index contributed by atoms with van der Waals surface area (Å²) in [7, 11) is 0. The minimum absolute atomic E-state index is 0.552. The smallest absolute Gasteiger partial charge is 0.239 e. The number of nitrogens with zero attached hydrogens (tertiary/aromatic N) is 9. The second-order valence-corrected chi connectivity index (χ2v) is 19.2. The van der Waals surface area contributed by atoms with Gasteiger partial charge in [0.1, 0.15) is 21.5 Å². The number of hydrogen-bond donors (Lipinski definition) is 0. The normalized spacial score (nSPS) is 12.1. The third kappa shape index (κ3) is 5.69. The first-order valence-corrected chi connectivity index (χ1v) is 24.3. The van der Waals surface area contributed by atoms with E-state index in [-0.39, 0.29) is 0 Å². The lowest BCUT2D eigenvalue weighted by atomic mass is 10.0. The fourth-order valence-electron chi connectivity index (χ4n) is 10.3. The van der Waals surface area contributed by atoms with Crippen molar-refractivity contribution < 1.29 is 0 Å². The number of benzene rings is 7. The zero-order valence-electron chi connectivity index (χ0n) is 36.4. The standard InChI is InChI=1S/C58H33N9S2/c1-3-13-34(14-4-1)54-62-55(64-58(63-54)67-46-22-12-30-60-51(46)49-41-18-8-10-23-48(41)68-57(49)67)35-24-27-38(28-25-35)65-44-21-9-7-17-40(44)43-31-36(26-29-45(43)65)39-19-11-20-42-50-52-47(32-59-33-61-52)66(56(50)69-53(39)42)37-15-5-2-6-16-37/h1-33H. The third-order valence-electron chi connectivity index (χ3n) is 13.4. The minimum atomic E-state index is 0.552. The molecule has 0 fully saturated rings. The van der Waals surface area contributed by atoms with Crippen molar-refractivity contribution in [3.05, 3.63) is 201 Å². The highest BCUT2D eigenvalue weighted by molar-refractivity contribution is 7.26. The van der Waals surface area contributed by atoms with Gasteiger partial charge >= 0.3 is 0 Å². The van der Waals surface area contributed by atoms with E-state index in [0.717, 1.165) is 76.0 Å². The summed E-state index contributed by atoms with van der Waals surface area (Å²) in [5, 5.41) is 7.02. The second kappa shape index (κ2) is 14.8. The van der Waals surface area contributed by atoms with Gasteiger partial charge in [0.25, 0.3) is 0 Å². The summed E-state index contributed by atoms with van der Waals surface area (Å²) in [5.41, 5.74) is 12.4. The first-order valence-electron chi connectivity index (χ1n) is 22.7. The highest BCUT2D eigenvalue weighted by Crippen LogP contribution is 2.46. The van der Waals surface area contributed by atoms with E-state index in [9.17, 15) is 0 Å². The molecule has 11 heteroatoms. The van der Waals surface area contributed by atoms with Crippen LogP contribution in [-0.2, 0) is 0 Å². The minimum Gasteiger partial charge on any atom is -0.309 e. The van der Waals surface area contributed by atoms with Gasteiger partial charge in [0.05, 0.1) is 33.8 Å². The third-order valence-corrected chi connectivity index (χ3v) is 15.7. The van der Waals surface area contributed by atoms with Gasteiger partial charge in [-0.25, -0.2) is 15.0 Å². The highest BCUT2D eigenvalue weighted by atomic mass is 32.1. The molecule has 0 aliphatic heterocycles. The van der Waals surface area contributed by atoms with Crippen molar-refractivity contribution in [1.82, 2.24) is 43.6 Å². The Labute approximate surface area is 400 Å². The monoisotopic (exact) mass is 919 g/mol. The molecule has 0 aliphatic rings. The Morgan fingerprint density at radius 2 is 1.06 bits per heavy atom. The van der Waals surface area contributed by atoms with Crippen LogP contribution in [0.5, 0.6) is 0 Å². The van der Waals surface area contributed by atoms with Gasteiger partial charge in [0.2, 0.25) is 5.95 Å². The lowest BCUT2D eigenvalue weighted by Gasteiger charge is -2.12. The van der Waals surface area contributed by atoms with Gasteiger partial charge in [-0.2, -0.15) is 9.97 Å². The van der Waals surface area contributed by atoms with Crippen molar-refractivity contribution in [2.45, 2.75) is 0 Å². The SMILES string of the molecule is c1ccc(-c2nc(-c3ccc(-n4c5ccccc5c5cc(-c6cccc7c6sc6c7c7ncncc7n6-c6ccccc6)ccc54)cc3)nc(-n3c4cccnc4c4c5ccccc5sc43)n2)cc1. The predicted molar refractivity (Wildman–Crippen MR) is 283 cm³/mol. The molecule has 0 saturated heterocycles. The number of pyridine rings is 1. The predicted octanol–water partition coefficient (Wildman–Crippen LogP) is 14.8. The molecule has 322 valence electrons. The van der Waals surface area contributed by atoms with Crippen molar-refractivity contribution in [2.24, 2.45) is 0 Å². The van der Waals surface area contributed by atoms with Crippen LogP contribution < -0.4 is 0 Å². The van der Waals surface area contributed by atoms with Crippen LogP contribution in [-0.4, -0.2) is 43.6 Å². The van der Waals surface area contributed by atoms with E-state index >= 15 is 0 Å². The zero-order valence-corrected chi connectivity index (χ0v) is 38.0. The van der Waals surface area contributed by atoms with Crippen molar-refractivity contribution in [3.63, 3.8) is 0 Å². The maximum Gasteiger partial charge on any atom is 0.239 e. The van der Waals surface area contributed by atoms with Crippen LogP contribution in [0.25, 0.3) is 136 Å². The number of thiophene rings is 2. The van der Waals surface area contributed by atoms with Crippen LogP contribution >= 0.6 is 22.7 Å². The van der Waals surface area contributed by atoms with Crippen molar-refractivity contribution in [2.75, 3.05) is 0 Å². The molecule has 0 N–H and O–H groups in total. The van der Waals surface area contributed by atoms with Crippen molar-refractivity contribution in [3.8, 4) is 51.2 Å². The summed E-state index contributed by atoms with van der Waals surface area (Å²) >= 11 is 3.54. The highest BCUT2D eigenvalue weighted by Gasteiger charge is 2.24. The molecule has 69 heavy (non-hydrogen) atoms. The molecule has 0 amide bonds. The fraction of sp³-hybridized carbons (Fsp3) is 0. The van der Waals surface area contributed by atoms with Crippen molar-refractivity contribution in [1.29, 1.82) is 0 Å². The molecule has 0 bridgehead atoms. The molecule has 0 atom stereocenters. The van der Waals surface area contributed by atoms with E-state index in [2.05, 4.69) is 164 Å². The molecule has 8 heterocycles. The van der Waals surface area contributed by atoms with E-state index in [1.807, 2.05) is 60.1 Å². The van der Waals surface area contributed by atoms with E-state index in [4.69, 9.17) is 24.9 Å². The molecule has 0 aliphatic carbocycles. The van der Waals surface area contributed by atoms with Gasteiger partial charge in [-0.3, -0.25) is 14.1 Å². The van der Waals surface area contributed by atoms with E-state index < -0.39 is 0 Å². The average molecular weight is 920 g/mol. The molecule has 9 nitrogen and oxygen atoms in total.